The van der Waals surface area contributed by atoms with Gasteiger partial charge in [-0.1, -0.05) is 25.1 Å². The Morgan fingerprint density at radius 2 is 2.11 bits per heavy atom. The minimum atomic E-state index is -1.32. The van der Waals surface area contributed by atoms with Gasteiger partial charge in [-0.05, 0) is 18.6 Å². The Bertz CT molecular complexity index is 412. The summed E-state index contributed by atoms with van der Waals surface area (Å²) in [5.74, 6) is -0.598. The second kappa shape index (κ2) is 5.71. The minimum absolute atomic E-state index is 0.312. The highest BCUT2D eigenvalue weighted by Gasteiger charge is 2.45. The number of thioether (sulfide) groups is 1. The molecular weight excluding hydrogens is 255 g/mol. The van der Waals surface area contributed by atoms with Crippen LogP contribution in [0.2, 0.25) is 0 Å². The molecule has 5 heteroatoms. The molecule has 0 bridgehead atoms. The van der Waals surface area contributed by atoms with Crippen LogP contribution in [0.5, 0.6) is 0 Å². The summed E-state index contributed by atoms with van der Waals surface area (Å²) in [6, 6.07) is 8.39. The van der Waals surface area contributed by atoms with Gasteiger partial charge >= 0.3 is 5.97 Å². The third-order valence-electron chi connectivity index (χ3n) is 2.92. The first-order valence-corrected chi connectivity index (χ1v) is 6.81. The topological polar surface area (TPSA) is 46.5 Å². The van der Waals surface area contributed by atoms with Gasteiger partial charge in [0.15, 0.2) is 12.3 Å². The van der Waals surface area contributed by atoms with Crippen LogP contribution < -0.4 is 0 Å². The van der Waals surface area contributed by atoms with Crippen LogP contribution >= 0.6 is 11.8 Å². The lowest BCUT2D eigenvalue weighted by Gasteiger charge is -2.17. The van der Waals surface area contributed by atoms with E-state index in [-0.39, 0.29) is 5.25 Å². The molecule has 1 saturated heterocycles. The van der Waals surface area contributed by atoms with Gasteiger partial charge in [0.1, 0.15) is 5.44 Å². The average Bonchev–Trinajstić information content (AvgIpc) is 2.67. The quantitative estimate of drug-likeness (QED) is 0.857. The molecule has 3 nitrogen and oxygen atoms in total. The normalized spacial score (nSPS) is 31.3. The fourth-order valence-electron chi connectivity index (χ4n) is 1.91. The third-order valence-corrected chi connectivity index (χ3v) is 4.41. The van der Waals surface area contributed by atoms with Gasteiger partial charge in [0.05, 0.1) is 5.56 Å². The van der Waals surface area contributed by atoms with Gasteiger partial charge in [0, 0.05) is 5.25 Å². The Morgan fingerprint density at radius 3 is 2.67 bits per heavy atom. The Hall–Kier alpha value is -1.07. The van der Waals surface area contributed by atoms with Gasteiger partial charge in [0.2, 0.25) is 0 Å². The molecule has 0 amide bonds. The number of aliphatic hydroxyl groups is 1. The zero-order chi connectivity index (χ0) is 13.1. The zero-order valence-electron chi connectivity index (χ0n) is 9.95. The van der Waals surface area contributed by atoms with Crippen LogP contribution in [0.4, 0.5) is 4.39 Å². The highest BCUT2D eigenvalue weighted by Crippen LogP contribution is 2.38. The number of carbonyl (C=O) groups is 1. The maximum absolute atomic E-state index is 13.9. The maximum Gasteiger partial charge on any atom is 0.338 e. The molecule has 1 N–H and O–H groups in total. The number of esters is 1. The molecule has 0 aromatic heterocycles. The second-order valence-corrected chi connectivity index (χ2v) is 5.51. The van der Waals surface area contributed by atoms with E-state index in [1.807, 2.05) is 6.92 Å². The fourth-order valence-corrected chi connectivity index (χ4v) is 3.13. The fraction of sp³-hybridized carbons (Fsp3) is 0.462. The number of carbonyl (C=O) groups excluding carboxylic acids is 1. The van der Waals surface area contributed by atoms with Crippen LogP contribution in [0.25, 0.3) is 0 Å². The average molecular weight is 270 g/mol. The monoisotopic (exact) mass is 270 g/mol. The first-order chi connectivity index (χ1) is 8.63. The van der Waals surface area contributed by atoms with E-state index in [2.05, 4.69) is 0 Å². The summed E-state index contributed by atoms with van der Waals surface area (Å²) in [5, 5.41) is 9.39. The highest BCUT2D eigenvalue weighted by molar-refractivity contribution is 8.00. The third kappa shape index (κ3) is 2.67. The summed E-state index contributed by atoms with van der Waals surface area (Å²) in [6.45, 7) is 1.85. The van der Waals surface area contributed by atoms with Crippen molar-refractivity contribution in [3.05, 3.63) is 35.9 Å². The predicted octanol–water partition coefficient (Wildman–Crippen LogP) is 2.39. The molecule has 1 fully saturated rings. The van der Waals surface area contributed by atoms with Gasteiger partial charge in [0.25, 0.3) is 0 Å². The van der Waals surface area contributed by atoms with E-state index >= 15 is 0 Å². The van der Waals surface area contributed by atoms with E-state index in [0.29, 0.717) is 12.0 Å². The van der Waals surface area contributed by atoms with Crippen molar-refractivity contribution in [2.45, 2.75) is 36.3 Å². The number of rotatable bonds is 3. The van der Waals surface area contributed by atoms with E-state index < -0.39 is 23.7 Å². The molecule has 1 aromatic rings. The SMILES string of the molecule is CC[C@H]1SC(O)[C@H](OC(=O)c2ccccc2)[C@@H]1F. The molecule has 0 aliphatic carbocycles. The van der Waals surface area contributed by atoms with Gasteiger partial charge in [-0.2, -0.15) is 0 Å². The Morgan fingerprint density at radius 1 is 1.44 bits per heavy atom. The van der Waals surface area contributed by atoms with Crippen molar-refractivity contribution in [1.29, 1.82) is 0 Å². The van der Waals surface area contributed by atoms with Crippen molar-refractivity contribution >= 4 is 17.7 Å². The number of halogens is 1. The lowest BCUT2D eigenvalue weighted by Crippen LogP contribution is -2.34. The number of hydrogen-bond acceptors (Lipinski definition) is 4. The van der Waals surface area contributed by atoms with Crippen molar-refractivity contribution in [3.63, 3.8) is 0 Å². The van der Waals surface area contributed by atoms with Gasteiger partial charge in [-0.3, -0.25) is 0 Å². The molecule has 4 atom stereocenters. The maximum atomic E-state index is 13.9. The number of benzene rings is 1. The molecule has 1 aromatic carbocycles. The van der Waals surface area contributed by atoms with E-state index in [9.17, 15) is 14.3 Å². The van der Waals surface area contributed by atoms with Crippen LogP contribution in [0, 0.1) is 0 Å². The molecule has 0 radical (unpaired) electrons. The number of hydrogen-bond donors (Lipinski definition) is 1. The molecule has 0 saturated carbocycles. The van der Waals surface area contributed by atoms with Crippen molar-refractivity contribution in [2.75, 3.05) is 0 Å². The Balaban J connectivity index is 2.04. The summed E-state index contributed by atoms with van der Waals surface area (Å²) in [5.41, 5.74) is -0.625. The molecule has 98 valence electrons. The van der Waals surface area contributed by atoms with Crippen LogP contribution in [-0.4, -0.2) is 34.0 Å². The number of alkyl halides is 1. The molecule has 1 heterocycles. The van der Waals surface area contributed by atoms with E-state index in [1.165, 1.54) is 0 Å². The molecule has 1 unspecified atom stereocenters. The first-order valence-electron chi connectivity index (χ1n) is 5.87. The Labute approximate surface area is 109 Å². The van der Waals surface area contributed by atoms with Gasteiger partial charge < -0.3 is 9.84 Å². The molecule has 18 heavy (non-hydrogen) atoms. The van der Waals surface area contributed by atoms with Crippen molar-refractivity contribution < 1.29 is 19.0 Å². The van der Waals surface area contributed by atoms with Gasteiger partial charge in [-0.15, -0.1) is 11.8 Å². The standard InChI is InChI=1S/C13H15FO3S/c1-2-9-10(14)11(13(16)18-9)17-12(15)8-6-4-3-5-7-8/h3-7,9-11,13,16H,2H2,1H3/t9-,10-,11-,13?/m1/s1. The van der Waals surface area contributed by atoms with Crippen LogP contribution in [0.3, 0.4) is 0 Å². The van der Waals surface area contributed by atoms with Crippen molar-refractivity contribution in [3.8, 4) is 0 Å². The smallest absolute Gasteiger partial charge is 0.338 e. The lowest BCUT2D eigenvalue weighted by molar-refractivity contribution is -0.0173. The molecule has 1 aliphatic heterocycles. The van der Waals surface area contributed by atoms with Crippen LogP contribution in [-0.2, 0) is 4.74 Å². The van der Waals surface area contributed by atoms with Crippen molar-refractivity contribution in [2.24, 2.45) is 0 Å². The predicted molar refractivity (Wildman–Crippen MR) is 68.2 cm³/mol. The van der Waals surface area contributed by atoms with E-state index in [1.54, 1.807) is 30.3 Å². The van der Waals surface area contributed by atoms with E-state index in [4.69, 9.17) is 4.74 Å². The summed E-state index contributed by atoms with van der Waals surface area (Å²) < 4.78 is 19.0. The van der Waals surface area contributed by atoms with Gasteiger partial charge in [-0.25, -0.2) is 9.18 Å². The lowest BCUT2D eigenvalue weighted by atomic mass is 10.1. The highest BCUT2D eigenvalue weighted by atomic mass is 32.2. The minimum Gasteiger partial charge on any atom is -0.452 e. The van der Waals surface area contributed by atoms with Crippen LogP contribution in [0.15, 0.2) is 30.3 Å². The summed E-state index contributed by atoms with van der Waals surface area (Å²) in [7, 11) is 0. The number of ether oxygens (including phenoxy) is 1. The van der Waals surface area contributed by atoms with E-state index in [0.717, 1.165) is 11.8 Å². The van der Waals surface area contributed by atoms with Crippen molar-refractivity contribution in [1.82, 2.24) is 0 Å². The first kappa shape index (κ1) is 13.4. The summed E-state index contributed by atoms with van der Waals surface area (Å²) >= 11 is 1.12. The molecular formula is C13H15FO3S. The number of aliphatic hydroxyl groups excluding tert-OH is 1. The molecule has 0 spiro atoms. The van der Waals surface area contributed by atoms with Crippen LogP contribution in [0.1, 0.15) is 23.7 Å². The summed E-state index contributed by atoms with van der Waals surface area (Å²) in [6.07, 6.45) is -1.79. The molecule has 1 aliphatic rings. The zero-order valence-corrected chi connectivity index (χ0v) is 10.8. The molecule has 2 rings (SSSR count). The summed E-state index contributed by atoms with van der Waals surface area (Å²) in [4.78, 5) is 11.8. The largest absolute Gasteiger partial charge is 0.452 e. The second-order valence-electron chi connectivity index (χ2n) is 4.15. The Kier molecular flexibility index (Phi) is 4.24.